The van der Waals surface area contributed by atoms with Gasteiger partial charge in [-0.1, -0.05) is 84.9 Å². The molecular formula is C33H36MgN4O3-2. The monoisotopic (exact) mass is 560 g/mol. The predicted molar refractivity (Wildman–Crippen MR) is 162 cm³/mol. The third-order valence-corrected chi connectivity index (χ3v) is 9.52. The minimum absolute atomic E-state index is 0. The number of allylic oxidation sites excluding steroid dienone is 1. The molecule has 3 aromatic rings. The largest absolute Gasteiger partial charge is 2.00 e. The van der Waals surface area contributed by atoms with Crippen LogP contribution in [0.3, 0.4) is 0 Å². The molecule has 1 aliphatic carbocycles. The summed E-state index contributed by atoms with van der Waals surface area (Å²) in [5, 5.41) is 19.8. The molecule has 7 nitrogen and oxygen atoms in total. The Labute approximate surface area is 256 Å². The molecule has 4 atom stereocenters. The molecule has 1 N–H and O–H groups in total. The van der Waals surface area contributed by atoms with Crippen LogP contribution in [0.2, 0.25) is 0 Å². The van der Waals surface area contributed by atoms with Crippen molar-refractivity contribution in [2.24, 2.45) is 17.8 Å². The van der Waals surface area contributed by atoms with Crippen molar-refractivity contribution in [2.45, 2.75) is 67.3 Å². The smallest absolute Gasteiger partial charge is 0.681 e. The Morgan fingerprint density at radius 1 is 0.902 bits per heavy atom. The Balaban J connectivity index is 0.00000337. The number of fused-ring (bicyclic) bond motifs is 8. The Hall–Kier alpha value is -3.10. The molecule has 8 heteroatoms. The van der Waals surface area contributed by atoms with Crippen LogP contribution in [0.5, 0.6) is 0 Å². The number of nitrogens with zero attached hydrogens (tertiary/aromatic N) is 4. The van der Waals surface area contributed by atoms with Gasteiger partial charge in [-0.25, -0.2) is 0 Å². The quantitative estimate of drug-likeness (QED) is 0.388. The molecule has 6 rings (SSSR count). The second kappa shape index (κ2) is 10.6. The van der Waals surface area contributed by atoms with Crippen LogP contribution in [0.15, 0.2) is 5.70 Å². The molecule has 1 saturated heterocycles. The third kappa shape index (κ3) is 4.24. The molecule has 3 aromatic heterocycles. The maximum absolute atomic E-state index is 13.1. The maximum Gasteiger partial charge on any atom is 2.00 e. The first-order valence-corrected chi connectivity index (χ1v) is 14.2. The van der Waals surface area contributed by atoms with Crippen LogP contribution in [-0.2, 0) is 16.0 Å². The first-order valence-electron chi connectivity index (χ1n) is 14.2. The zero-order valence-corrected chi connectivity index (χ0v) is 26.6. The van der Waals surface area contributed by atoms with Gasteiger partial charge < -0.3 is 30.1 Å². The molecule has 5 heterocycles. The number of carbonyl (C=O) groups is 1. The van der Waals surface area contributed by atoms with Crippen LogP contribution in [0.4, 0.5) is 0 Å². The number of hydrogen-bond acceptors (Lipinski definition) is 3. The van der Waals surface area contributed by atoms with Gasteiger partial charge in [0.15, 0.2) is 0 Å². The van der Waals surface area contributed by atoms with E-state index >= 15 is 0 Å². The SMILES string of the molecule is CCc1c(C)/c2[n-]/c1=C\c1[n-]c3c(c1C)=C(O)[C@H](C(=O)OC)C=3C1[N-]/C(=C/c3[n-]c(c(C)c3C)\C=2)[C@@H](C)[C@@H]1CC.[Mg+2]. The van der Waals surface area contributed by atoms with E-state index in [4.69, 9.17) is 25.0 Å². The van der Waals surface area contributed by atoms with E-state index in [-0.39, 0.29) is 46.7 Å². The van der Waals surface area contributed by atoms with Crippen molar-refractivity contribution in [3.05, 3.63) is 77.2 Å². The molecule has 2 aliphatic heterocycles. The number of esters is 1. The number of methoxy groups -OCH3 is 1. The second-order valence-electron chi connectivity index (χ2n) is 11.4. The predicted octanol–water partition coefficient (Wildman–Crippen LogP) is 2.02. The van der Waals surface area contributed by atoms with Crippen LogP contribution in [0, 0.1) is 45.4 Å². The van der Waals surface area contributed by atoms with Gasteiger partial charge in [-0.2, -0.15) is 5.70 Å². The topological polar surface area (TPSA) is 103 Å². The minimum Gasteiger partial charge on any atom is -0.681 e. The third-order valence-electron chi connectivity index (χ3n) is 9.52. The summed E-state index contributed by atoms with van der Waals surface area (Å²) in [6.07, 6.45) is 7.90. The summed E-state index contributed by atoms with van der Waals surface area (Å²) >= 11 is 0. The summed E-state index contributed by atoms with van der Waals surface area (Å²) in [5.41, 5.74) is 9.65. The number of aromatic nitrogens is 3. The second-order valence-corrected chi connectivity index (χ2v) is 11.4. The summed E-state index contributed by atoms with van der Waals surface area (Å²) in [6.45, 7) is 14.8. The molecule has 41 heavy (non-hydrogen) atoms. The fourth-order valence-corrected chi connectivity index (χ4v) is 6.93. The zero-order valence-electron chi connectivity index (χ0n) is 25.2. The van der Waals surface area contributed by atoms with E-state index in [0.29, 0.717) is 10.6 Å². The van der Waals surface area contributed by atoms with Crippen molar-refractivity contribution in [1.29, 1.82) is 0 Å². The number of hydrogen-bond donors (Lipinski definition) is 1. The number of carbonyl (C=O) groups excluding carboxylic acids is 1. The standard InChI is InChI=1S/C33H36N4O3.Mg/c1-9-19-16(5)23-11-21-14(3)15(4)22(34-21)12-24-17(6)20(10-2)30(36-24)28-29(33(39)40-8)32(38)27-18(7)25(37-31(27)28)13-26(19)35-23;/h11-13,17,20,29-30,38H,9-10H2,1-8H3;/q-4;+2/b23-11-,24-12+,26-13-;/t17-,20-,29+,30?;/m0./s1. The first-order chi connectivity index (χ1) is 19.1. The number of ether oxygens (including phenoxy) is 1. The fraction of sp³-hybridized carbons (Fsp3) is 0.424. The normalized spacial score (nSPS) is 25.4. The molecule has 8 bridgehead atoms. The number of aliphatic hydroxyl groups excluding tert-OH is 1. The zero-order chi connectivity index (χ0) is 28.6. The molecular weight excluding hydrogens is 525 g/mol. The van der Waals surface area contributed by atoms with Gasteiger partial charge in [0.2, 0.25) is 0 Å². The van der Waals surface area contributed by atoms with Crippen LogP contribution in [-0.4, -0.2) is 47.3 Å². The van der Waals surface area contributed by atoms with E-state index in [2.05, 4.69) is 53.7 Å². The maximum atomic E-state index is 13.1. The van der Waals surface area contributed by atoms with Crippen molar-refractivity contribution in [1.82, 2.24) is 15.0 Å². The molecule has 1 fully saturated rings. The Morgan fingerprint density at radius 3 is 2.17 bits per heavy atom. The van der Waals surface area contributed by atoms with E-state index in [9.17, 15) is 9.90 Å². The van der Waals surface area contributed by atoms with Gasteiger partial charge in [0, 0.05) is 5.22 Å². The molecule has 0 amide bonds. The Bertz CT molecular complexity index is 1850. The molecule has 0 aromatic carbocycles. The van der Waals surface area contributed by atoms with Gasteiger partial charge in [0.05, 0.1) is 7.11 Å². The van der Waals surface area contributed by atoms with Gasteiger partial charge in [-0.3, -0.25) is 4.79 Å². The van der Waals surface area contributed by atoms with Crippen molar-refractivity contribution in [2.75, 3.05) is 7.11 Å². The van der Waals surface area contributed by atoms with Crippen LogP contribution >= 0.6 is 0 Å². The van der Waals surface area contributed by atoms with Crippen molar-refractivity contribution >= 4 is 58.6 Å². The van der Waals surface area contributed by atoms with E-state index in [1.165, 1.54) is 12.7 Å². The summed E-state index contributed by atoms with van der Waals surface area (Å²) in [5.74, 6) is -1.12. The Kier molecular flexibility index (Phi) is 7.62. The molecule has 0 saturated carbocycles. The van der Waals surface area contributed by atoms with Crippen molar-refractivity contribution < 1.29 is 14.6 Å². The molecule has 1 unspecified atom stereocenters. The van der Waals surface area contributed by atoms with E-state index in [0.717, 1.165) is 74.1 Å². The average Bonchev–Trinajstić information content (AvgIpc) is 3.66. The van der Waals surface area contributed by atoms with Gasteiger partial charge in [-0.15, -0.1) is 33.1 Å². The Morgan fingerprint density at radius 2 is 1.54 bits per heavy atom. The molecule has 0 spiro atoms. The van der Waals surface area contributed by atoms with Crippen LogP contribution in [0.25, 0.3) is 34.9 Å². The first kappa shape index (κ1) is 29.4. The van der Waals surface area contributed by atoms with Crippen molar-refractivity contribution in [3.63, 3.8) is 0 Å². The fourth-order valence-electron chi connectivity index (χ4n) is 6.93. The van der Waals surface area contributed by atoms with Gasteiger partial charge in [0.1, 0.15) is 11.7 Å². The summed E-state index contributed by atoms with van der Waals surface area (Å²) in [7, 11) is 1.36. The minimum atomic E-state index is -0.914. The van der Waals surface area contributed by atoms with Crippen molar-refractivity contribution in [3.8, 4) is 0 Å². The van der Waals surface area contributed by atoms with E-state index < -0.39 is 11.9 Å². The van der Waals surface area contributed by atoms with Gasteiger partial charge in [-0.05, 0) is 46.0 Å². The average molecular weight is 561 g/mol. The van der Waals surface area contributed by atoms with Crippen LogP contribution in [0.1, 0.15) is 72.1 Å². The van der Waals surface area contributed by atoms with Gasteiger partial charge >= 0.3 is 29.0 Å². The molecule has 210 valence electrons. The molecule has 3 aliphatic rings. The number of rotatable bonds is 3. The van der Waals surface area contributed by atoms with E-state index in [1.54, 1.807) is 0 Å². The summed E-state index contributed by atoms with van der Waals surface area (Å²) in [4.78, 5) is 28.3. The molecule has 0 radical (unpaired) electrons. The van der Waals surface area contributed by atoms with Crippen LogP contribution < -0.4 is 36.2 Å². The number of aliphatic hydroxyl groups is 1. The summed E-state index contributed by atoms with van der Waals surface area (Å²) < 4.78 is 5.19. The van der Waals surface area contributed by atoms with Gasteiger partial charge in [0.25, 0.3) is 0 Å². The summed E-state index contributed by atoms with van der Waals surface area (Å²) in [6, 6.07) is -0.312. The van der Waals surface area contributed by atoms with E-state index in [1.807, 2.05) is 13.0 Å².